The maximum atomic E-state index is 11.5. The summed E-state index contributed by atoms with van der Waals surface area (Å²) in [5.41, 5.74) is 11.2. The van der Waals surface area contributed by atoms with Crippen molar-refractivity contribution in [2.45, 2.75) is 85.0 Å². The van der Waals surface area contributed by atoms with Gasteiger partial charge in [-0.05, 0) is 118 Å². The van der Waals surface area contributed by atoms with Gasteiger partial charge in [-0.1, -0.05) is 50.2 Å². The second-order valence-corrected chi connectivity index (χ2v) is 21.5. The number of rotatable bonds is 21. The van der Waals surface area contributed by atoms with Crippen LogP contribution in [0.4, 0.5) is 28.4 Å². The average Bonchev–Trinajstić information content (AvgIpc) is 1.77. The second-order valence-electron chi connectivity index (χ2n) is 21.5. The number of carboxylic acids is 1. The zero-order chi connectivity index (χ0) is 64.6. The fourth-order valence-corrected chi connectivity index (χ4v) is 10.1. The highest BCUT2D eigenvalue weighted by Crippen LogP contribution is 2.49. The number of hydrogen-bond donors (Lipinski definition) is 2. The van der Waals surface area contributed by atoms with Crippen LogP contribution in [-0.2, 0) is 54.4 Å². The van der Waals surface area contributed by atoms with Gasteiger partial charge >= 0.3 is 17.9 Å². The van der Waals surface area contributed by atoms with Crippen molar-refractivity contribution in [3.63, 3.8) is 0 Å². The molecule has 5 aromatic rings. The Morgan fingerprint density at radius 1 is 0.667 bits per heavy atom. The summed E-state index contributed by atoms with van der Waals surface area (Å²) in [5, 5.41) is 31.6. The Balaban J connectivity index is 0.000000371. The summed E-state index contributed by atoms with van der Waals surface area (Å²) in [6.07, 6.45) is 10.5. The Morgan fingerprint density at radius 2 is 1.19 bits per heavy atom. The fourth-order valence-electron chi connectivity index (χ4n) is 10.1. The Bertz CT molecular complexity index is 3640. The van der Waals surface area contributed by atoms with Crippen molar-refractivity contribution in [1.82, 2.24) is 0 Å². The molecule has 0 unspecified atom stereocenters. The molecule has 0 aromatic heterocycles. The van der Waals surface area contributed by atoms with Gasteiger partial charge in [0.25, 0.3) is 12.9 Å². The van der Waals surface area contributed by atoms with E-state index in [0.29, 0.717) is 50.3 Å². The van der Waals surface area contributed by atoms with E-state index in [-0.39, 0.29) is 52.4 Å². The summed E-state index contributed by atoms with van der Waals surface area (Å²) >= 11 is 0. The smallest absolute Gasteiger partial charge is 0.310 e. The van der Waals surface area contributed by atoms with Gasteiger partial charge in [0, 0.05) is 85.0 Å². The lowest BCUT2D eigenvalue weighted by molar-refractivity contribution is -0.442. The van der Waals surface area contributed by atoms with Gasteiger partial charge in [-0.2, -0.15) is 19.7 Å². The van der Waals surface area contributed by atoms with Crippen LogP contribution in [0, 0.1) is 22.7 Å². The molecule has 0 bridgehead atoms. The molecule has 21 heteroatoms. The molecule has 474 valence electrons. The summed E-state index contributed by atoms with van der Waals surface area (Å²) in [4.78, 5) is 58.5. The number of carbonyl (C=O) groups is 5. The first-order valence-electron chi connectivity index (χ1n) is 28.1. The standard InChI is InChI=1S/C34H37N3O6.C16H13N3.C15H20NO3.C4H6O3.2BrH/c1-33(2)26-19-24(41-5)9-11-28(26)36(16-15-32(39)40)30(33)13-7-23(21-35)8-14-31-34(3,4)27-20-25(42-6)10-12-29(27)37(31)17-18-43-22-38;17-11-14(12-18-15-7-3-1-4-8-15)13-19-16-9-5-2-6-10-16;1-11-15(2,3)13-9-12(18-4)5-6-14(13)16(11)7-8-19-10-17;1-3(5)7-4(2)6;;/h7-14,19-20,22H,15-18H2,1-6H3;1-10,12-13,18H;5-6,9-10H,7-8H2,1-4H3;1-2H3;2*1H/q;;+1;;;/p-1/b;14-12+,19-13?;;;;. The number of anilines is 2. The predicted octanol–water partition coefficient (Wildman–Crippen LogP) is 5.69. The summed E-state index contributed by atoms with van der Waals surface area (Å²) in [7, 11) is 4.92. The van der Waals surface area contributed by atoms with Crippen molar-refractivity contribution >= 4 is 76.9 Å². The van der Waals surface area contributed by atoms with Gasteiger partial charge < -0.3 is 77.7 Å². The van der Waals surface area contributed by atoms with Gasteiger partial charge in [0.2, 0.25) is 11.4 Å². The quantitative estimate of drug-likeness (QED) is 0.0103. The van der Waals surface area contributed by atoms with E-state index in [9.17, 15) is 34.3 Å². The SMILES string of the molecule is CC(=O)OC(C)=O.COc1ccc2c(c1)C(C)(C)C(=CC=C(C#N)C=CC1=[N+](CCC(=O)O)c3ccc(OC)cc3C1(C)C)N2CCOC=O.COc1ccc2c(c1)C(C)(C)C(C)=[N+]2CCOC=O.N#C/C(C=Nc1ccccc1)=C\Nc1ccccc1.[Br-].[Br-]. The van der Waals surface area contributed by atoms with E-state index in [1.54, 1.807) is 45.9 Å². The molecule has 8 rings (SSSR count). The van der Waals surface area contributed by atoms with Gasteiger partial charge in [0.05, 0.1) is 61.6 Å². The monoisotopic (exact) mass is 1350 g/mol. The Kier molecular flexibility index (Phi) is 29.5. The first-order chi connectivity index (χ1) is 42.0. The number of hydrogen-bond acceptors (Lipinski definition) is 16. The number of aliphatic imine (C=N–C) groups is 1. The van der Waals surface area contributed by atoms with Crippen molar-refractivity contribution in [3.8, 4) is 29.4 Å². The van der Waals surface area contributed by atoms with E-state index in [1.807, 2.05) is 120 Å². The maximum Gasteiger partial charge on any atom is 0.310 e. The van der Waals surface area contributed by atoms with Crippen LogP contribution >= 0.6 is 0 Å². The van der Waals surface area contributed by atoms with Crippen molar-refractivity contribution in [3.05, 3.63) is 179 Å². The second kappa shape index (κ2) is 35.5. The molecule has 0 atom stereocenters. The number of halogens is 2. The van der Waals surface area contributed by atoms with E-state index in [4.69, 9.17) is 28.9 Å². The number of methoxy groups -OCH3 is 3. The van der Waals surface area contributed by atoms with Crippen LogP contribution in [0.3, 0.4) is 0 Å². The molecule has 0 saturated heterocycles. The van der Waals surface area contributed by atoms with E-state index < -0.39 is 28.7 Å². The minimum absolute atomic E-state index is 0. The first-order valence-corrected chi connectivity index (χ1v) is 28.1. The molecule has 5 aromatic carbocycles. The normalized spacial score (nSPS) is 14.8. The lowest BCUT2D eigenvalue weighted by Gasteiger charge is -2.26. The molecule has 19 nitrogen and oxygen atoms in total. The van der Waals surface area contributed by atoms with Crippen LogP contribution in [0.2, 0.25) is 0 Å². The molecule has 3 heterocycles. The number of ether oxygens (including phenoxy) is 6. The Hall–Kier alpha value is -9.44. The van der Waals surface area contributed by atoms with Crippen LogP contribution in [0.25, 0.3) is 0 Å². The van der Waals surface area contributed by atoms with Crippen LogP contribution < -0.4 is 58.4 Å². The number of nitriles is 2. The highest BCUT2D eigenvalue weighted by molar-refractivity contribution is 6.03. The molecular weight excluding hydrogens is 1280 g/mol. The molecule has 0 fully saturated rings. The van der Waals surface area contributed by atoms with E-state index in [1.165, 1.54) is 25.1 Å². The lowest BCUT2D eigenvalue weighted by Crippen LogP contribution is -3.00. The number of carboxylic acid groups (broad SMARTS) is 1. The summed E-state index contributed by atoms with van der Waals surface area (Å²) < 4.78 is 34.2. The lowest BCUT2D eigenvalue weighted by atomic mass is 9.81. The van der Waals surface area contributed by atoms with Crippen molar-refractivity contribution in [2.75, 3.05) is 64.4 Å². The Labute approximate surface area is 548 Å². The van der Waals surface area contributed by atoms with Gasteiger partial charge in [0.15, 0.2) is 24.5 Å². The number of allylic oxidation sites excluding steroid dienone is 7. The predicted molar refractivity (Wildman–Crippen MR) is 339 cm³/mol. The summed E-state index contributed by atoms with van der Waals surface area (Å²) in [5.74, 6) is 0.329. The zero-order valence-corrected chi connectivity index (χ0v) is 55.9. The van der Waals surface area contributed by atoms with Gasteiger partial charge in [-0.3, -0.25) is 29.0 Å². The Morgan fingerprint density at radius 3 is 1.71 bits per heavy atom. The number of esters is 2. The van der Waals surface area contributed by atoms with Crippen LogP contribution in [-0.4, -0.2) is 117 Å². The van der Waals surface area contributed by atoms with Gasteiger partial charge in [-0.15, -0.1) is 0 Å². The third-order valence-electron chi connectivity index (χ3n) is 14.9. The summed E-state index contributed by atoms with van der Waals surface area (Å²) in [6.45, 7) is 20.2. The third-order valence-corrected chi connectivity index (χ3v) is 14.9. The topological polar surface area (TPSA) is 242 Å². The zero-order valence-electron chi connectivity index (χ0n) is 52.7. The molecule has 0 saturated carbocycles. The number of carbonyl (C=O) groups excluding carboxylic acids is 4. The number of fused-ring (bicyclic) bond motifs is 3. The number of para-hydroxylation sites is 2. The molecule has 3 aliphatic rings. The van der Waals surface area contributed by atoms with E-state index in [2.05, 4.69) is 97.3 Å². The van der Waals surface area contributed by atoms with Gasteiger partial charge in [0.1, 0.15) is 43.0 Å². The molecule has 0 amide bonds. The number of benzene rings is 5. The molecule has 2 N–H and O–H groups in total. The third kappa shape index (κ3) is 19.8. The molecule has 0 aliphatic carbocycles. The average molecular weight is 1360 g/mol. The van der Waals surface area contributed by atoms with E-state index >= 15 is 0 Å². The largest absolute Gasteiger partial charge is 1.00 e. The maximum absolute atomic E-state index is 11.5. The first kappa shape index (κ1) is 74.8. The van der Waals surface area contributed by atoms with Crippen molar-refractivity contribution in [1.29, 1.82) is 10.5 Å². The van der Waals surface area contributed by atoms with Gasteiger partial charge in [-0.25, -0.2) is 0 Å². The van der Waals surface area contributed by atoms with Crippen molar-refractivity contribution in [2.24, 2.45) is 4.99 Å². The highest BCUT2D eigenvalue weighted by atomic mass is 79.9. The van der Waals surface area contributed by atoms with Crippen LogP contribution in [0.15, 0.2) is 168 Å². The minimum atomic E-state index is -0.881. The fraction of sp³-hybridized carbons (Fsp3) is 0.304. The molecule has 3 aliphatic heterocycles. The summed E-state index contributed by atoms with van der Waals surface area (Å²) in [6, 6.07) is 41.4. The molecule has 90 heavy (non-hydrogen) atoms. The number of aliphatic carboxylic acids is 1. The molecular formula is C69H77Br2N7O12. The highest BCUT2D eigenvalue weighted by Gasteiger charge is 2.46. The number of nitrogens with zero attached hydrogens (tertiary/aromatic N) is 6. The van der Waals surface area contributed by atoms with Crippen LogP contribution in [0.1, 0.15) is 85.4 Å². The van der Waals surface area contributed by atoms with E-state index in [0.717, 1.165) is 68.2 Å². The van der Waals surface area contributed by atoms with Crippen LogP contribution in [0.5, 0.6) is 17.2 Å². The molecule has 0 radical (unpaired) electrons. The van der Waals surface area contributed by atoms with Crippen molar-refractivity contribution < 1.29 is 101 Å². The molecule has 0 spiro atoms. The number of nitrogens with one attached hydrogen (secondary N) is 1. The minimum Gasteiger partial charge on any atom is -1.00 e.